The van der Waals surface area contributed by atoms with Crippen LogP contribution < -0.4 is 4.90 Å². The molecule has 0 saturated heterocycles. The van der Waals surface area contributed by atoms with Crippen molar-refractivity contribution in [1.29, 1.82) is 0 Å². The van der Waals surface area contributed by atoms with Gasteiger partial charge in [-0.2, -0.15) is 0 Å². The molecule has 0 radical (unpaired) electrons. The number of benzene rings is 7. The molecule has 0 amide bonds. The smallest absolute Gasteiger partial charge is 0.0723 e. The summed E-state index contributed by atoms with van der Waals surface area (Å²) in [6, 6.07) is 63.9. The van der Waals surface area contributed by atoms with Gasteiger partial charge in [-0.05, 0) is 74.8 Å². The van der Waals surface area contributed by atoms with Crippen LogP contribution in [0.1, 0.15) is 52.1 Å². The van der Waals surface area contributed by atoms with Crippen LogP contribution in [0.5, 0.6) is 0 Å². The van der Waals surface area contributed by atoms with Crippen molar-refractivity contribution in [3.63, 3.8) is 0 Å². The summed E-state index contributed by atoms with van der Waals surface area (Å²) in [5.74, 6) is 0. The quantitative estimate of drug-likeness (QED) is 0.142. The Kier molecular flexibility index (Phi) is 8.61. The first-order valence-electron chi connectivity index (χ1n) is 19.6. The van der Waals surface area contributed by atoms with E-state index in [4.69, 9.17) is 4.99 Å². The van der Waals surface area contributed by atoms with Crippen molar-refractivity contribution in [2.45, 2.75) is 38.3 Å². The van der Waals surface area contributed by atoms with Gasteiger partial charge >= 0.3 is 0 Å². The molecule has 0 saturated carbocycles. The van der Waals surface area contributed by atoms with Gasteiger partial charge in [-0.15, -0.1) is 11.3 Å². The van der Waals surface area contributed by atoms with E-state index in [0.717, 1.165) is 23.3 Å². The second-order valence-electron chi connectivity index (χ2n) is 15.4. The van der Waals surface area contributed by atoms with Gasteiger partial charge in [-0.1, -0.05) is 172 Å². The Morgan fingerprint density at radius 1 is 0.625 bits per heavy atom. The highest BCUT2D eigenvalue weighted by molar-refractivity contribution is 7.19. The van der Waals surface area contributed by atoms with Crippen molar-refractivity contribution in [1.82, 2.24) is 0 Å². The molecule has 0 aliphatic heterocycles. The zero-order chi connectivity index (χ0) is 37.6. The molecule has 8 aromatic rings. The van der Waals surface area contributed by atoms with Gasteiger partial charge in [0.25, 0.3) is 0 Å². The van der Waals surface area contributed by atoms with Crippen LogP contribution in [0, 0.1) is 0 Å². The molecule has 0 fully saturated rings. The summed E-state index contributed by atoms with van der Waals surface area (Å²) >= 11 is 1.94. The normalized spacial score (nSPS) is 14.9. The molecular weight excluding hydrogens is 697 g/mol. The Hall–Kier alpha value is -6.29. The summed E-state index contributed by atoms with van der Waals surface area (Å²) in [5.41, 5.74) is 16.2. The summed E-state index contributed by atoms with van der Waals surface area (Å²) in [7, 11) is 0. The molecule has 2 aliphatic carbocycles. The Morgan fingerprint density at radius 3 is 1.98 bits per heavy atom. The summed E-state index contributed by atoms with van der Waals surface area (Å²) in [5, 5.41) is 1.34. The second-order valence-corrected chi connectivity index (χ2v) is 16.6. The molecule has 0 bridgehead atoms. The molecule has 2 nitrogen and oxygen atoms in total. The lowest BCUT2D eigenvalue weighted by molar-refractivity contribution is 0.659. The van der Waals surface area contributed by atoms with E-state index in [2.05, 4.69) is 207 Å². The molecule has 270 valence electrons. The monoisotopic (exact) mass is 738 g/mol. The second kappa shape index (κ2) is 14.1. The zero-order valence-electron chi connectivity index (χ0n) is 31.7. The third kappa shape index (κ3) is 6.00. The van der Waals surface area contributed by atoms with Gasteiger partial charge in [0.15, 0.2) is 0 Å². The number of rotatable bonds is 8. The van der Waals surface area contributed by atoms with Gasteiger partial charge in [-0.3, -0.25) is 4.99 Å². The lowest BCUT2D eigenvalue weighted by Gasteiger charge is -2.35. The third-order valence-electron chi connectivity index (χ3n) is 11.7. The molecule has 10 rings (SSSR count). The van der Waals surface area contributed by atoms with Crippen LogP contribution in [0.15, 0.2) is 187 Å². The van der Waals surface area contributed by atoms with E-state index < -0.39 is 0 Å². The molecular formula is C53H42N2S. The largest absolute Gasteiger partial charge is 0.334 e. The number of thiophene rings is 1. The lowest BCUT2D eigenvalue weighted by atomic mass is 9.82. The van der Waals surface area contributed by atoms with Gasteiger partial charge in [0.1, 0.15) is 0 Å². The Morgan fingerprint density at radius 2 is 1.25 bits per heavy atom. The molecule has 0 spiro atoms. The highest BCUT2D eigenvalue weighted by Crippen LogP contribution is 2.50. The van der Waals surface area contributed by atoms with Gasteiger partial charge in [0.05, 0.1) is 18.3 Å². The van der Waals surface area contributed by atoms with Crippen LogP contribution in [0.25, 0.3) is 38.4 Å². The van der Waals surface area contributed by atoms with Crippen molar-refractivity contribution >= 4 is 44.6 Å². The Bertz CT molecular complexity index is 2720. The van der Waals surface area contributed by atoms with Crippen LogP contribution >= 0.6 is 11.3 Å². The number of nitrogens with zero attached hydrogens (tertiary/aromatic N) is 2. The summed E-state index contributed by atoms with van der Waals surface area (Å²) < 4.78 is 1.32. The summed E-state index contributed by atoms with van der Waals surface area (Å²) in [6.45, 7) is 5.35. The topological polar surface area (TPSA) is 15.6 Å². The number of hydrogen-bond acceptors (Lipinski definition) is 3. The maximum absolute atomic E-state index is 5.31. The van der Waals surface area contributed by atoms with Crippen molar-refractivity contribution < 1.29 is 0 Å². The molecule has 1 heterocycles. The SMILES string of the molecule is CC1(C)c2ccccc2-c2ccc(N(c3ccc(-c4ccccc4)cc3)C3C=Cc4c(sc5cccc(CN=C(c6ccccc6)c6ccccc6)c45)C3)cc21. The maximum Gasteiger partial charge on any atom is 0.0723 e. The predicted molar refractivity (Wildman–Crippen MR) is 239 cm³/mol. The van der Waals surface area contributed by atoms with Gasteiger partial charge in [-0.25, -0.2) is 0 Å². The molecule has 1 unspecified atom stereocenters. The van der Waals surface area contributed by atoms with Crippen LogP contribution in [-0.2, 0) is 18.4 Å². The van der Waals surface area contributed by atoms with Crippen LogP contribution in [0.4, 0.5) is 11.4 Å². The van der Waals surface area contributed by atoms with Crippen molar-refractivity contribution in [3.05, 3.63) is 220 Å². The van der Waals surface area contributed by atoms with Gasteiger partial charge < -0.3 is 4.90 Å². The predicted octanol–water partition coefficient (Wildman–Crippen LogP) is 13.7. The molecule has 1 aromatic heterocycles. The fraction of sp³-hybridized carbons (Fsp3) is 0.113. The average molecular weight is 739 g/mol. The number of hydrogen-bond donors (Lipinski definition) is 0. The molecule has 7 aromatic carbocycles. The van der Waals surface area contributed by atoms with E-state index in [9.17, 15) is 0 Å². The van der Waals surface area contributed by atoms with Gasteiger partial charge in [0, 0.05) is 49.3 Å². The molecule has 1 atom stereocenters. The highest BCUT2D eigenvalue weighted by Gasteiger charge is 2.36. The molecule has 3 heteroatoms. The van der Waals surface area contributed by atoms with Gasteiger partial charge in [0.2, 0.25) is 0 Å². The van der Waals surface area contributed by atoms with Crippen LogP contribution in [0.2, 0.25) is 0 Å². The van der Waals surface area contributed by atoms with Crippen molar-refractivity contribution in [2.24, 2.45) is 4.99 Å². The maximum atomic E-state index is 5.31. The minimum absolute atomic E-state index is 0.0778. The lowest BCUT2D eigenvalue weighted by Crippen LogP contribution is -2.32. The van der Waals surface area contributed by atoms with Crippen LogP contribution in [-0.4, -0.2) is 11.8 Å². The standard InChI is InChI=1S/C53H42N2S/c1-53(2)47-23-13-12-22-44(47)45-31-29-42(33-48(45)53)55(41-27-25-37(26-28-41)36-15-6-3-7-16-36)43-30-32-46-50(34-43)56-49-24-14-21-40(51(46)49)35-54-52(38-17-8-4-9-18-38)39-19-10-5-11-20-39/h3-33,43H,34-35H2,1-2H3. The number of anilines is 2. The van der Waals surface area contributed by atoms with Crippen molar-refractivity contribution in [2.75, 3.05) is 4.90 Å². The van der Waals surface area contributed by atoms with E-state index in [1.807, 2.05) is 11.3 Å². The third-order valence-corrected chi connectivity index (χ3v) is 12.9. The average Bonchev–Trinajstić information content (AvgIpc) is 3.74. The molecule has 56 heavy (non-hydrogen) atoms. The minimum atomic E-state index is -0.0778. The Labute approximate surface area is 333 Å². The number of fused-ring (bicyclic) bond motifs is 6. The summed E-state index contributed by atoms with van der Waals surface area (Å²) in [4.78, 5) is 9.30. The number of aliphatic imine (C=N–C) groups is 1. The summed E-state index contributed by atoms with van der Waals surface area (Å²) in [6.07, 6.45) is 5.75. The molecule has 0 N–H and O–H groups in total. The fourth-order valence-corrected chi connectivity index (χ4v) is 10.2. The fourth-order valence-electron chi connectivity index (χ4n) is 8.92. The van der Waals surface area contributed by atoms with E-state index in [1.54, 1.807) is 0 Å². The zero-order valence-corrected chi connectivity index (χ0v) is 32.5. The first-order valence-corrected chi connectivity index (χ1v) is 20.4. The van der Waals surface area contributed by atoms with Crippen molar-refractivity contribution in [3.8, 4) is 22.3 Å². The first-order chi connectivity index (χ1) is 27.5. The van der Waals surface area contributed by atoms with E-state index in [-0.39, 0.29) is 11.5 Å². The first kappa shape index (κ1) is 34.2. The Balaban J connectivity index is 1.04. The van der Waals surface area contributed by atoms with E-state index in [0.29, 0.717) is 6.54 Å². The van der Waals surface area contributed by atoms with E-state index >= 15 is 0 Å². The molecule has 2 aliphatic rings. The highest BCUT2D eigenvalue weighted by atomic mass is 32.1. The van der Waals surface area contributed by atoms with E-state index in [1.165, 1.54) is 70.8 Å². The van der Waals surface area contributed by atoms with Crippen LogP contribution in [0.3, 0.4) is 0 Å². The minimum Gasteiger partial charge on any atom is -0.334 e.